The van der Waals surface area contributed by atoms with E-state index < -0.39 is 16.4 Å². The molecule has 4 aromatic rings. The van der Waals surface area contributed by atoms with Gasteiger partial charge in [-0.15, -0.1) is 11.3 Å². The van der Waals surface area contributed by atoms with Crippen molar-refractivity contribution in [2.45, 2.75) is 68.4 Å². The summed E-state index contributed by atoms with van der Waals surface area (Å²) < 4.78 is 33.3. The van der Waals surface area contributed by atoms with Gasteiger partial charge in [-0.2, -0.15) is 10.2 Å². The fourth-order valence-electron chi connectivity index (χ4n) is 6.78. The van der Waals surface area contributed by atoms with Gasteiger partial charge in [0.2, 0.25) is 5.78 Å². The summed E-state index contributed by atoms with van der Waals surface area (Å²) in [6.07, 6.45) is 14.9. The van der Waals surface area contributed by atoms with Gasteiger partial charge in [-0.05, 0) is 105 Å². The second-order valence-corrected chi connectivity index (χ2v) is 15.0. The van der Waals surface area contributed by atoms with Gasteiger partial charge in [0.05, 0.1) is 23.0 Å². The molecule has 3 fully saturated rings. The number of halogens is 1. The van der Waals surface area contributed by atoms with E-state index in [4.69, 9.17) is 0 Å². The van der Waals surface area contributed by atoms with Crippen molar-refractivity contribution in [3.63, 3.8) is 0 Å². The first-order chi connectivity index (χ1) is 20.9. The number of fused-ring (bicyclic) bond motifs is 2. The zero-order valence-corrected chi connectivity index (χ0v) is 25.6. The number of aryl methyl sites for hydroxylation is 1. The summed E-state index contributed by atoms with van der Waals surface area (Å²) in [6.45, 7) is 0.744. The number of hydrogen-bond donors (Lipinski definition) is 0. The van der Waals surface area contributed by atoms with E-state index in [1.165, 1.54) is 17.0 Å². The van der Waals surface area contributed by atoms with Gasteiger partial charge in [0.1, 0.15) is 16.8 Å². The van der Waals surface area contributed by atoms with Crippen molar-refractivity contribution in [2.24, 2.45) is 18.4 Å². The molecule has 8 rings (SSSR count). The lowest BCUT2D eigenvalue weighted by Gasteiger charge is -2.46. The summed E-state index contributed by atoms with van der Waals surface area (Å²) in [7, 11) is 0.422. The molecule has 3 atom stereocenters. The molecule has 222 valence electrons. The van der Waals surface area contributed by atoms with E-state index >= 15 is 0 Å². The van der Waals surface area contributed by atoms with Crippen molar-refractivity contribution in [3.8, 4) is 5.69 Å². The molecule has 0 bridgehead atoms. The molecule has 0 amide bonds. The van der Waals surface area contributed by atoms with Gasteiger partial charge in [-0.1, -0.05) is 5.57 Å². The molecule has 0 radical (unpaired) electrons. The number of nitrogens with zero attached hydrogens (tertiary/aromatic N) is 6. The van der Waals surface area contributed by atoms with Crippen molar-refractivity contribution in [1.82, 2.24) is 28.9 Å². The van der Waals surface area contributed by atoms with Crippen LogP contribution in [-0.4, -0.2) is 51.4 Å². The second kappa shape index (κ2) is 10.4. The van der Waals surface area contributed by atoms with Crippen molar-refractivity contribution >= 4 is 34.2 Å². The molecule has 0 saturated heterocycles. The molecule has 43 heavy (non-hydrogen) atoms. The number of allylic oxidation sites excluding steroid dienone is 1. The predicted molar refractivity (Wildman–Crippen MR) is 163 cm³/mol. The Bertz CT molecular complexity index is 1770. The lowest BCUT2D eigenvalue weighted by molar-refractivity contribution is 0.0743. The van der Waals surface area contributed by atoms with Crippen molar-refractivity contribution in [2.75, 3.05) is 6.54 Å². The molecule has 4 aliphatic rings. The first-order valence-electron chi connectivity index (χ1n) is 15.1. The van der Waals surface area contributed by atoms with Crippen molar-refractivity contribution in [3.05, 3.63) is 81.5 Å². The molecule has 3 aromatic heterocycles. The molecular weight excluding hydrogens is 584 g/mol. The maximum absolute atomic E-state index is 14.7. The van der Waals surface area contributed by atoms with E-state index in [1.54, 1.807) is 28.2 Å². The number of Topliss-reactive ketones (excluding diaryl/α,β-unsaturated/α-hetero) is 1. The summed E-state index contributed by atoms with van der Waals surface area (Å²) >= 11 is 1.55. The Morgan fingerprint density at radius 3 is 2.67 bits per heavy atom. The molecule has 3 heterocycles. The lowest BCUT2D eigenvalue weighted by atomic mass is 9.61. The van der Waals surface area contributed by atoms with Gasteiger partial charge in [-0.25, -0.2) is 22.6 Å². The minimum atomic E-state index is -1.42. The lowest BCUT2D eigenvalue weighted by Crippen LogP contribution is -2.50. The third kappa shape index (κ3) is 4.95. The average molecular weight is 617 g/mol. The molecule has 11 heteroatoms. The van der Waals surface area contributed by atoms with E-state index in [9.17, 15) is 13.4 Å². The van der Waals surface area contributed by atoms with Crippen LogP contribution in [0.4, 0.5) is 4.39 Å². The molecule has 8 nitrogen and oxygen atoms in total. The maximum atomic E-state index is 14.7. The number of aromatic nitrogens is 5. The fraction of sp³-hybridized carbons (Fsp3) is 0.438. The Balaban J connectivity index is 1.19. The zero-order chi connectivity index (χ0) is 29.3. The molecule has 0 N–H and O–H groups in total. The Kier molecular flexibility index (Phi) is 6.61. The fourth-order valence-corrected chi connectivity index (χ4v) is 9.32. The number of thiazole rings is 1. The maximum Gasteiger partial charge on any atom is 0.201 e. The zero-order valence-electron chi connectivity index (χ0n) is 24.0. The minimum Gasteiger partial charge on any atom is -0.290 e. The van der Waals surface area contributed by atoms with Crippen LogP contribution >= 0.6 is 11.3 Å². The third-order valence-electron chi connectivity index (χ3n) is 9.46. The highest BCUT2D eigenvalue weighted by Gasteiger charge is 2.52. The molecule has 0 aliphatic heterocycles. The largest absolute Gasteiger partial charge is 0.290 e. The molecular formula is C32H33FN6O2S2. The van der Waals surface area contributed by atoms with Crippen LogP contribution in [-0.2, 0) is 24.5 Å². The Hall–Kier alpha value is -3.28. The molecule has 4 aliphatic carbocycles. The van der Waals surface area contributed by atoms with Crippen molar-refractivity contribution < 1.29 is 13.4 Å². The van der Waals surface area contributed by atoms with Gasteiger partial charge < -0.3 is 0 Å². The van der Waals surface area contributed by atoms with E-state index in [0.29, 0.717) is 41.1 Å². The highest BCUT2D eigenvalue weighted by molar-refractivity contribution is 7.82. The summed E-state index contributed by atoms with van der Waals surface area (Å²) in [5, 5.41) is 10.3. The smallest absolute Gasteiger partial charge is 0.201 e. The summed E-state index contributed by atoms with van der Waals surface area (Å²) in [5.41, 5.74) is 3.00. The van der Waals surface area contributed by atoms with E-state index in [1.807, 2.05) is 36.4 Å². The van der Waals surface area contributed by atoms with Gasteiger partial charge >= 0.3 is 0 Å². The molecule has 1 aromatic carbocycles. The standard InChI is InChI=1S/C32H33FN6O2S2/c1-37-13-12-29(36-37)43(41)38(19-20-2-3-20)26-9-6-23-14-27-22(17-35-39(27)25-10-7-24(33)8-11-25)15-32(23,16-26)30(40)31-34-18-28(42-31)21-4-5-21/h7-8,10-14,17-18,20-21,26H,2-6,9,15-16,19H2,1H3. The third-order valence-corrected chi connectivity index (χ3v) is 12.1. The molecule has 3 unspecified atom stereocenters. The summed E-state index contributed by atoms with van der Waals surface area (Å²) in [6, 6.07) is 8.12. The second-order valence-electron chi connectivity index (χ2n) is 12.6. The van der Waals surface area contributed by atoms with Gasteiger partial charge in [0.25, 0.3) is 0 Å². The van der Waals surface area contributed by atoms with Crippen LogP contribution in [0.1, 0.15) is 76.8 Å². The number of ketones is 1. The summed E-state index contributed by atoms with van der Waals surface area (Å²) in [5.74, 6) is 0.838. The molecule has 3 saturated carbocycles. The number of hydrogen-bond acceptors (Lipinski definition) is 6. The number of carbonyl (C=O) groups excluding carboxylic acids is 1. The van der Waals surface area contributed by atoms with E-state index in [0.717, 1.165) is 61.2 Å². The normalized spacial score (nSPS) is 24.0. The number of rotatable bonds is 9. The average Bonchev–Trinajstić information content (AvgIpc) is 3.90. The SMILES string of the molecule is Cn1ccc(S(=O)N(CC2CC2)C2CCC3=Cc4c(cnn4-c4ccc(F)cc4)CC3(C(=O)c3ncc(C4CC4)s3)C2)n1. The summed E-state index contributed by atoms with van der Waals surface area (Å²) in [4.78, 5) is 20.6. The van der Waals surface area contributed by atoms with Crippen LogP contribution < -0.4 is 0 Å². The topological polar surface area (TPSA) is 85.9 Å². The van der Waals surface area contributed by atoms with E-state index in [-0.39, 0.29) is 17.6 Å². The van der Waals surface area contributed by atoms with Gasteiger partial charge in [0, 0.05) is 36.9 Å². The minimum absolute atomic E-state index is 0.0407. The first kappa shape index (κ1) is 27.3. The van der Waals surface area contributed by atoms with Crippen LogP contribution in [0.5, 0.6) is 0 Å². The predicted octanol–water partition coefficient (Wildman–Crippen LogP) is 5.87. The van der Waals surface area contributed by atoms with Crippen LogP contribution in [0.25, 0.3) is 11.8 Å². The van der Waals surface area contributed by atoms with Crippen LogP contribution in [0.2, 0.25) is 0 Å². The first-order valence-corrected chi connectivity index (χ1v) is 17.0. The Labute approximate surface area is 256 Å². The highest BCUT2D eigenvalue weighted by Crippen LogP contribution is 2.52. The van der Waals surface area contributed by atoms with Gasteiger partial charge in [0.15, 0.2) is 10.0 Å². The Morgan fingerprint density at radius 2 is 1.95 bits per heavy atom. The monoisotopic (exact) mass is 616 g/mol. The van der Waals surface area contributed by atoms with Crippen molar-refractivity contribution in [1.29, 1.82) is 0 Å². The number of carbonyl (C=O) groups is 1. The van der Waals surface area contributed by atoms with Crippen LogP contribution in [0.3, 0.4) is 0 Å². The Morgan fingerprint density at radius 1 is 1.14 bits per heavy atom. The van der Waals surface area contributed by atoms with E-state index in [2.05, 4.69) is 25.6 Å². The van der Waals surface area contributed by atoms with Crippen LogP contribution in [0, 0.1) is 17.2 Å². The van der Waals surface area contributed by atoms with Crippen LogP contribution in [0.15, 0.2) is 59.5 Å². The molecule has 0 spiro atoms. The van der Waals surface area contributed by atoms with Gasteiger partial charge in [-0.3, -0.25) is 9.48 Å². The number of benzene rings is 1. The quantitative estimate of drug-likeness (QED) is 0.220. The highest BCUT2D eigenvalue weighted by atomic mass is 32.2.